The van der Waals surface area contributed by atoms with Crippen molar-refractivity contribution >= 4 is 0 Å². The second-order valence-corrected chi connectivity index (χ2v) is 11.5. The normalized spacial score (nSPS) is 13.3. The zero-order valence-electron chi connectivity index (χ0n) is 11.6. The third kappa shape index (κ3) is 3.67. The Morgan fingerprint density at radius 2 is 1.30 bits per heavy atom. The summed E-state index contributed by atoms with van der Waals surface area (Å²) >= 11 is -1.58. The SMILES string of the molecule is C1=CC[C]([Zr]([CH2]c2ccccc2)[CH2]c2ccccc2)=C1. The molecule has 99 valence electrons. The van der Waals surface area contributed by atoms with Crippen LogP contribution in [0.5, 0.6) is 0 Å². The van der Waals surface area contributed by atoms with E-state index in [-0.39, 0.29) is 0 Å². The molecular formula is C19H19Zr. The molecule has 0 nitrogen and oxygen atoms in total. The van der Waals surface area contributed by atoms with Crippen molar-refractivity contribution in [1.29, 1.82) is 0 Å². The van der Waals surface area contributed by atoms with Crippen LogP contribution in [0.15, 0.2) is 82.2 Å². The summed E-state index contributed by atoms with van der Waals surface area (Å²) in [6.07, 6.45) is 8.15. The van der Waals surface area contributed by atoms with Gasteiger partial charge in [-0.1, -0.05) is 0 Å². The van der Waals surface area contributed by atoms with Gasteiger partial charge in [-0.2, -0.15) is 0 Å². The number of allylic oxidation sites excluding steroid dienone is 4. The molecular weight excluding hydrogens is 319 g/mol. The molecule has 2 aromatic rings. The minimum atomic E-state index is -1.58. The van der Waals surface area contributed by atoms with E-state index >= 15 is 0 Å². The van der Waals surface area contributed by atoms with E-state index in [1.165, 1.54) is 25.8 Å². The Morgan fingerprint density at radius 1 is 0.750 bits per heavy atom. The number of rotatable bonds is 5. The van der Waals surface area contributed by atoms with Gasteiger partial charge in [-0.05, 0) is 0 Å². The van der Waals surface area contributed by atoms with E-state index in [0.29, 0.717) is 0 Å². The number of hydrogen-bond acceptors (Lipinski definition) is 0. The van der Waals surface area contributed by atoms with E-state index < -0.39 is 21.8 Å². The molecule has 0 bridgehead atoms. The van der Waals surface area contributed by atoms with Gasteiger partial charge in [0.15, 0.2) is 0 Å². The van der Waals surface area contributed by atoms with Gasteiger partial charge in [0.05, 0.1) is 0 Å². The summed E-state index contributed by atoms with van der Waals surface area (Å²) in [5.41, 5.74) is 3.04. The molecule has 3 rings (SSSR count). The Bertz CT molecular complexity index is 555. The third-order valence-electron chi connectivity index (χ3n) is 3.75. The zero-order chi connectivity index (χ0) is 13.6. The number of benzene rings is 2. The van der Waals surface area contributed by atoms with Crippen LogP contribution in [0.25, 0.3) is 0 Å². The van der Waals surface area contributed by atoms with E-state index in [4.69, 9.17) is 0 Å². The van der Waals surface area contributed by atoms with Gasteiger partial charge in [0.25, 0.3) is 0 Å². The molecule has 1 aliphatic carbocycles. The van der Waals surface area contributed by atoms with Gasteiger partial charge in [-0.3, -0.25) is 0 Å². The molecule has 0 radical (unpaired) electrons. The van der Waals surface area contributed by atoms with Crippen LogP contribution >= 0.6 is 0 Å². The second-order valence-electron chi connectivity index (χ2n) is 5.25. The zero-order valence-corrected chi connectivity index (χ0v) is 14.1. The van der Waals surface area contributed by atoms with Gasteiger partial charge in [-0.15, -0.1) is 0 Å². The van der Waals surface area contributed by atoms with Gasteiger partial charge >= 0.3 is 130 Å². The first-order valence-electron chi connectivity index (χ1n) is 7.20. The first kappa shape index (κ1) is 13.8. The molecule has 0 spiro atoms. The van der Waals surface area contributed by atoms with Gasteiger partial charge < -0.3 is 0 Å². The molecule has 0 N–H and O–H groups in total. The summed E-state index contributed by atoms with van der Waals surface area (Å²) in [7, 11) is 0. The molecule has 2 aromatic carbocycles. The summed E-state index contributed by atoms with van der Waals surface area (Å²) in [6.45, 7) is 0. The topological polar surface area (TPSA) is 0 Å². The fourth-order valence-corrected chi connectivity index (χ4v) is 9.50. The van der Waals surface area contributed by atoms with Crippen molar-refractivity contribution < 1.29 is 21.8 Å². The van der Waals surface area contributed by atoms with Crippen LogP contribution in [0, 0.1) is 0 Å². The maximum absolute atomic E-state index is 2.39. The molecule has 1 aliphatic rings. The second kappa shape index (κ2) is 7.00. The fourth-order valence-electron chi connectivity index (χ4n) is 2.68. The van der Waals surface area contributed by atoms with Crippen molar-refractivity contribution in [1.82, 2.24) is 0 Å². The van der Waals surface area contributed by atoms with Crippen LogP contribution in [0.2, 0.25) is 0 Å². The summed E-state index contributed by atoms with van der Waals surface area (Å²) in [5, 5.41) is 0. The average molecular weight is 339 g/mol. The summed E-state index contributed by atoms with van der Waals surface area (Å²) in [6, 6.07) is 22.0. The summed E-state index contributed by atoms with van der Waals surface area (Å²) < 4.78 is 4.41. The predicted molar refractivity (Wildman–Crippen MR) is 82.1 cm³/mol. The maximum atomic E-state index is 2.39. The summed E-state index contributed by atoms with van der Waals surface area (Å²) in [5.74, 6) is 0. The van der Waals surface area contributed by atoms with Gasteiger partial charge in [0.1, 0.15) is 0 Å². The minimum absolute atomic E-state index is 1.20. The molecule has 0 heterocycles. The quantitative estimate of drug-likeness (QED) is 0.731. The van der Waals surface area contributed by atoms with Crippen LogP contribution in [0.4, 0.5) is 0 Å². The van der Waals surface area contributed by atoms with Crippen LogP contribution in [-0.2, 0) is 30.0 Å². The van der Waals surface area contributed by atoms with E-state index in [1.807, 2.05) is 0 Å². The van der Waals surface area contributed by atoms with Crippen LogP contribution in [-0.4, -0.2) is 0 Å². The Morgan fingerprint density at radius 3 is 1.75 bits per heavy atom. The molecule has 20 heavy (non-hydrogen) atoms. The number of hydrogen-bond donors (Lipinski definition) is 0. The van der Waals surface area contributed by atoms with Crippen LogP contribution in [0.3, 0.4) is 0 Å². The predicted octanol–water partition coefficient (Wildman–Crippen LogP) is 4.85. The Kier molecular flexibility index (Phi) is 4.82. The molecule has 0 fully saturated rings. The molecule has 0 amide bonds. The van der Waals surface area contributed by atoms with E-state index in [1.54, 1.807) is 3.28 Å². The van der Waals surface area contributed by atoms with Gasteiger partial charge in [0.2, 0.25) is 0 Å². The first-order chi connectivity index (χ1) is 9.92. The van der Waals surface area contributed by atoms with Crippen molar-refractivity contribution in [2.45, 2.75) is 14.7 Å². The van der Waals surface area contributed by atoms with Crippen LogP contribution < -0.4 is 0 Å². The molecule has 0 aliphatic heterocycles. The molecule has 0 saturated carbocycles. The van der Waals surface area contributed by atoms with E-state index in [0.717, 1.165) is 0 Å². The van der Waals surface area contributed by atoms with E-state index in [2.05, 4.69) is 78.9 Å². The van der Waals surface area contributed by atoms with Crippen LogP contribution in [0.1, 0.15) is 17.5 Å². The fraction of sp³-hybridized carbons (Fsp3) is 0.158. The Hall–Kier alpha value is -1.20. The standard InChI is InChI=1S/2C7H7.C5H5.Zr/c2*1-7-5-3-2-4-6-7;1-2-4-5-3-1;/h2*2-6H,1H2;1-3H,4H2;. The average Bonchev–Trinajstić information content (AvgIpc) is 3.03. The van der Waals surface area contributed by atoms with Crippen molar-refractivity contribution in [3.8, 4) is 0 Å². The van der Waals surface area contributed by atoms with Gasteiger partial charge in [-0.25, -0.2) is 0 Å². The van der Waals surface area contributed by atoms with Gasteiger partial charge in [0, 0.05) is 0 Å². The molecule has 0 saturated heterocycles. The van der Waals surface area contributed by atoms with Crippen molar-refractivity contribution in [3.05, 3.63) is 93.3 Å². The molecule has 0 atom stereocenters. The van der Waals surface area contributed by atoms with Crippen molar-refractivity contribution in [2.24, 2.45) is 0 Å². The first-order valence-corrected chi connectivity index (χ1v) is 11.9. The van der Waals surface area contributed by atoms with Crippen molar-refractivity contribution in [3.63, 3.8) is 0 Å². The molecule has 0 unspecified atom stereocenters. The van der Waals surface area contributed by atoms with Crippen molar-refractivity contribution in [2.75, 3.05) is 0 Å². The Balaban J connectivity index is 1.77. The Labute approximate surface area is 129 Å². The molecule has 0 aromatic heterocycles. The molecule has 1 heteroatoms. The monoisotopic (exact) mass is 337 g/mol. The third-order valence-corrected chi connectivity index (χ3v) is 11.0. The summed E-state index contributed by atoms with van der Waals surface area (Å²) in [4.78, 5) is 0. The van der Waals surface area contributed by atoms with E-state index in [9.17, 15) is 0 Å².